The van der Waals surface area contributed by atoms with Crippen molar-refractivity contribution in [3.05, 3.63) is 24.3 Å². The van der Waals surface area contributed by atoms with E-state index in [0.29, 0.717) is 19.8 Å². The van der Waals surface area contributed by atoms with Gasteiger partial charge in [-0.25, -0.2) is 0 Å². The van der Waals surface area contributed by atoms with E-state index < -0.39 is 6.10 Å². The molecule has 1 unspecified atom stereocenters. The maximum Gasteiger partial charge on any atom is 0.119 e. The summed E-state index contributed by atoms with van der Waals surface area (Å²) in [5.74, 6) is 0.831. The van der Waals surface area contributed by atoms with Crippen LogP contribution in [-0.2, 0) is 4.74 Å². The Labute approximate surface area is 103 Å². The predicted molar refractivity (Wildman–Crippen MR) is 68.8 cm³/mol. The zero-order valence-corrected chi connectivity index (χ0v) is 10.7. The lowest BCUT2D eigenvalue weighted by atomic mass is 10.2. The SMILES string of the molecule is CCOCC(O)CN(C)c1ccc(OC)cc1. The fraction of sp³-hybridized carbons (Fsp3) is 0.538. The highest BCUT2D eigenvalue weighted by atomic mass is 16.5. The third-order valence-corrected chi connectivity index (χ3v) is 2.51. The molecule has 0 amide bonds. The Balaban J connectivity index is 2.47. The third kappa shape index (κ3) is 4.63. The van der Waals surface area contributed by atoms with Crippen LogP contribution in [0.5, 0.6) is 5.75 Å². The molecule has 0 bridgehead atoms. The van der Waals surface area contributed by atoms with Crippen molar-refractivity contribution in [3.8, 4) is 5.75 Å². The summed E-state index contributed by atoms with van der Waals surface area (Å²) < 4.78 is 10.3. The quantitative estimate of drug-likeness (QED) is 0.783. The van der Waals surface area contributed by atoms with Gasteiger partial charge < -0.3 is 19.5 Å². The van der Waals surface area contributed by atoms with Crippen LogP contribution in [0.1, 0.15) is 6.92 Å². The number of hydrogen-bond donors (Lipinski definition) is 1. The van der Waals surface area contributed by atoms with E-state index in [0.717, 1.165) is 11.4 Å². The standard InChI is InChI=1S/C13H21NO3/c1-4-17-10-12(15)9-14(2)11-5-7-13(16-3)8-6-11/h5-8,12,15H,4,9-10H2,1-3H3. The minimum Gasteiger partial charge on any atom is -0.497 e. The average molecular weight is 239 g/mol. The predicted octanol–water partition coefficient (Wildman–Crippen LogP) is 1.53. The Morgan fingerprint density at radius 2 is 1.94 bits per heavy atom. The van der Waals surface area contributed by atoms with Gasteiger partial charge in [0.05, 0.1) is 19.8 Å². The Kier molecular flexibility index (Phi) is 5.80. The van der Waals surface area contributed by atoms with Crippen LogP contribution in [0.2, 0.25) is 0 Å². The van der Waals surface area contributed by atoms with Crippen LogP contribution in [0.3, 0.4) is 0 Å². The van der Waals surface area contributed by atoms with Crippen LogP contribution in [0.4, 0.5) is 5.69 Å². The Morgan fingerprint density at radius 1 is 1.29 bits per heavy atom. The summed E-state index contributed by atoms with van der Waals surface area (Å²) in [6, 6.07) is 7.74. The van der Waals surface area contributed by atoms with Gasteiger partial charge in [-0.3, -0.25) is 0 Å². The molecule has 0 aliphatic heterocycles. The van der Waals surface area contributed by atoms with E-state index in [-0.39, 0.29) is 0 Å². The van der Waals surface area contributed by atoms with E-state index in [4.69, 9.17) is 9.47 Å². The van der Waals surface area contributed by atoms with Crippen molar-refractivity contribution in [2.24, 2.45) is 0 Å². The van der Waals surface area contributed by atoms with Gasteiger partial charge in [0.15, 0.2) is 0 Å². The van der Waals surface area contributed by atoms with Gasteiger partial charge in [0, 0.05) is 25.9 Å². The molecule has 1 aromatic rings. The van der Waals surface area contributed by atoms with Crippen LogP contribution in [0, 0.1) is 0 Å². The van der Waals surface area contributed by atoms with Crippen molar-refractivity contribution in [1.82, 2.24) is 0 Å². The highest BCUT2D eigenvalue weighted by Gasteiger charge is 2.08. The monoisotopic (exact) mass is 239 g/mol. The minimum atomic E-state index is -0.470. The summed E-state index contributed by atoms with van der Waals surface area (Å²) in [7, 11) is 3.58. The van der Waals surface area contributed by atoms with Gasteiger partial charge in [-0.1, -0.05) is 0 Å². The van der Waals surface area contributed by atoms with E-state index in [9.17, 15) is 5.11 Å². The number of aliphatic hydroxyl groups excluding tert-OH is 1. The molecule has 1 N–H and O–H groups in total. The van der Waals surface area contributed by atoms with Crippen LogP contribution in [-0.4, -0.2) is 45.1 Å². The first kappa shape index (κ1) is 13.8. The van der Waals surface area contributed by atoms with Gasteiger partial charge in [0.25, 0.3) is 0 Å². The van der Waals surface area contributed by atoms with Crippen molar-refractivity contribution in [3.63, 3.8) is 0 Å². The second-order valence-corrected chi connectivity index (χ2v) is 3.89. The van der Waals surface area contributed by atoms with Crippen molar-refractivity contribution < 1.29 is 14.6 Å². The molecule has 0 spiro atoms. The molecule has 4 nitrogen and oxygen atoms in total. The summed E-state index contributed by atoms with van der Waals surface area (Å²) >= 11 is 0. The molecule has 96 valence electrons. The van der Waals surface area contributed by atoms with Crippen LogP contribution < -0.4 is 9.64 Å². The number of methoxy groups -OCH3 is 1. The topological polar surface area (TPSA) is 41.9 Å². The van der Waals surface area contributed by atoms with E-state index in [1.807, 2.05) is 43.1 Å². The number of rotatable bonds is 7. The lowest BCUT2D eigenvalue weighted by molar-refractivity contribution is 0.0469. The van der Waals surface area contributed by atoms with Gasteiger partial charge in [0.1, 0.15) is 5.75 Å². The fourth-order valence-corrected chi connectivity index (χ4v) is 1.56. The number of benzene rings is 1. The summed E-state index contributed by atoms with van der Waals surface area (Å²) in [4.78, 5) is 1.99. The van der Waals surface area contributed by atoms with E-state index in [2.05, 4.69) is 0 Å². The molecular weight excluding hydrogens is 218 g/mol. The normalized spacial score (nSPS) is 12.2. The molecule has 0 fully saturated rings. The molecule has 4 heteroatoms. The molecule has 0 aliphatic carbocycles. The van der Waals surface area contributed by atoms with Gasteiger partial charge >= 0.3 is 0 Å². The van der Waals surface area contributed by atoms with Crippen LogP contribution >= 0.6 is 0 Å². The fourth-order valence-electron chi connectivity index (χ4n) is 1.56. The zero-order valence-electron chi connectivity index (χ0n) is 10.7. The van der Waals surface area contributed by atoms with Crippen LogP contribution in [0.15, 0.2) is 24.3 Å². The first-order chi connectivity index (χ1) is 8.17. The molecule has 1 rings (SSSR count). The Morgan fingerprint density at radius 3 is 2.47 bits per heavy atom. The first-order valence-electron chi connectivity index (χ1n) is 5.78. The minimum absolute atomic E-state index is 0.372. The summed E-state index contributed by atoms with van der Waals surface area (Å²) in [5, 5.41) is 9.72. The molecule has 0 aliphatic rings. The Hall–Kier alpha value is -1.26. The number of likely N-dealkylation sites (N-methyl/N-ethyl adjacent to an activating group) is 1. The van der Waals surface area contributed by atoms with Crippen molar-refractivity contribution in [2.45, 2.75) is 13.0 Å². The summed E-state index contributed by atoms with van der Waals surface area (Å²) in [5.41, 5.74) is 1.04. The first-order valence-corrected chi connectivity index (χ1v) is 5.78. The number of hydrogen-bond acceptors (Lipinski definition) is 4. The second kappa shape index (κ2) is 7.14. The number of aliphatic hydroxyl groups is 1. The number of nitrogens with zero attached hydrogens (tertiary/aromatic N) is 1. The molecule has 0 aromatic heterocycles. The van der Waals surface area contributed by atoms with Gasteiger partial charge in [-0.05, 0) is 31.2 Å². The van der Waals surface area contributed by atoms with E-state index in [1.54, 1.807) is 7.11 Å². The molecule has 0 heterocycles. The number of anilines is 1. The molecule has 1 aromatic carbocycles. The highest BCUT2D eigenvalue weighted by molar-refractivity contribution is 5.48. The third-order valence-electron chi connectivity index (χ3n) is 2.51. The van der Waals surface area contributed by atoms with Gasteiger partial charge in [0.2, 0.25) is 0 Å². The second-order valence-electron chi connectivity index (χ2n) is 3.89. The molecule has 0 saturated carbocycles. The largest absolute Gasteiger partial charge is 0.497 e. The number of ether oxygens (including phenoxy) is 2. The Bertz CT molecular complexity index is 313. The summed E-state index contributed by atoms with van der Waals surface area (Å²) in [6.07, 6.45) is -0.470. The molecule has 0 radical (unpaired) electrons. The van der Waals surface area contributed by atoms with E-state index >= 15 is 0 Å². The molecule has 0 saturated heterocycles. The maximum atomic E-state index is 9.72. The van der Waals surface area contributed by atoms with Crippen molar-refractivity contribution in [1.29, 1.82) is 0 Å². The molecule has 1 atom stereocenters. The lowest BCUT2D eigenvalue weighted by Crippen LogP contribution is -2.32. The zero-order chi connectivity index (χ0) is 12.7. The molecular formula is C13H21NO3. The highest BCUT2D eigenvalue weighted by Crippen LogP contribution is 2.18. The molecule has 17 heavy (non-hydrogen) atoms. The van der Waals surface area contributed by atoms with E-state index in [1.165, 1.54) is 0 Å². The van der Waals surface area contributed by atoms with Crippen molar-refractivity contribution >= 4 is 5.69 Å². The van der Waals surface area contributed by atoms with Gasteiger partial charge in [-0.2, -0.15) is 0 Å². The van der Waals surface area contributed by atoms with Crippen LogP contribution in [0.25, 0.3) is 0 Å². The van der Waals surface area contributed by atoms with Crippen molar-refractivity contribution in [2.75, 3.05) is 38.8 Å². The smallest absolute Gasteiger partial charge is 0.119 e. The lowest BCUT2D eigenvalue weighted by Gasteiger charge is -2.22. The summed E-state index contributed by atoms with van der Waals surface area (Å²) in [6.45, 7) is 3.46. The maximum absolute atomic E-state index is 9.72. The van der Waals surface area contributed by atoms with Gasteiger partial charge in [-0.15, -0.1) is 0 Å². The average Bonchev–Trinajstić information content (AvgIpc) is 2.36.